The van der Waals surface area contributed by atoms with Crippen LogP contribution in [0, 0.1) is 5.41 Å². The zero-order valence-electron chi connectivity index (χ0n) is 12.4. The zero-order chi connectivity index (χ0) is 13.4. The van der Waals surface area contributed by atoms with Crippen LogP contribution in [0.2, 0.25) is 0 Å². The van der Waals surface area contributed by atoms with Gasteiger partial charge in [0.15, 0.2) is 0 Å². The van der Waals surface area contributed by atoms with Gasteiger partial charge in [0.2, 0.25) is 0 Å². The van der Waals surface area contributed by atoms with Crippen LogP contribution in [-0.4, -0.2) is 30.6 Å². The molecule has 2 saturated carbocycles. The van der Waals surface area contributed by atoms with E-state index in [4.69, 9.17) is 0 Å². The Morgan fingerprint density at radius 2 is 2.15 bits per heavy atom. The van der Waals surface area contributed by atoms with Crippen LogP contribution >= 0.6 is 11.3 Å². The van der Waals surface area contributed by atoms with E-state index in [0.717, 1.165) is 6.04 Å². The average molecular weight is 290 g/mol. The summed E-state index contributed by atoms with van der Waals surface area (Å²) in [6.07, 6.45) is 9.89. The van der Waals surface area contributed by atoms with Crippen molar-refractivity contribution in [2.45, 2.75) is 57.5 Å². The van der Waals surface area contributed by atoms with E-state index in [1.165, 1.54) is 71.1 Å². The summed E-state index contributed by atoms with van der Waals surface area (Å²) < 4.78 is 0. The third kappa shape index (κ3) is 2.81. The maximum absolute atomic E-state index is 3.82. The smallest absolute Gasteiger partial charge is 0.0245 e. The monoisotopic (exact) mass is 290 g/mol. The van der Waals surface area contributed by atoms with Gasteiger partial charge in [0, 0.05) is 37.1 Å². The van der Waals surface area contributed by atoms with Gasteiger partial charge >= 0.3 is 0 Å². The maximum Gasteiger partial charge on any atom is 0.0245 e. The van der Waals surface area contributed by atoms with Gasteiger partial charge in [-0.1, -0.05) is 12.8 Å². The van der Waals surface area contributed by atoms with Gasteiger partial charge in [-0.25, -0.2) is 0 Å². The predicted octanol–water partition coefficient (Wildman–Crippen LogP) is 3.42. The van der Waals surface area contributed by atoms with Crippen molar-refractivity contribution in [3.05, 3.63) is 21.9 Å². The molecular weight excluding hydrogens is 264 g/mol. The van der Waals surface area contributed by atoms with Crippen molar-refractivity contribution in [2.75, 3.05) is 19.6 Å². The highest BCUT2D eigenvalue weighted by Crippen LogP contribution is 2.40. The fraction of sp³-hybridized carbons (Fsp3) is 0.765. The molecule has 2 aliphatic carbocycles. The lowest BCUT2D eigenvalue weighted by molar-refractivity contribution is 0.137. The van der Waals surface area contributed by atoms with E-state index in [2.05, 4.69) is 21.7 Å². The summed E-state index contributed by atoms with van der Waals surface area (Å²) in [5.41, 5.74) is 2.18. The summed E-state index contributed by atoms with van der Waals surface area (Å²) in [6.45, 7) is 5.06. The summed E-state index contributed by atoms with van der Waals surface area (Å²) in [7, 11) is 0. The first-order chi connectivity index (χ1) is 9.83. The van der Waals surface area contributed by atoms with Crippen molar-refractivity contribution < 1.29 is 0 Å². The molecule has 0 spiro atoms. The van der Waals surface area contributed by atoms with Crippen LogP contribution in [0.15, 0.2) is 11.4 Å². The van der Waals surface area contributed by atoms with Crippen LogP contribution in [0.5, 0.6) is 0 Å². The molecule has 0 atom stereocenters. The van der Waals surface area contributed by atoms with Crippen LogP contribution < -0.4 is 5.32 Å². The van der Waals surface area contributed by atoms with Crippen LogP contribution in [-0.2, 0) is 13.0 Å². The lowest BCUT2D eigenvalue weighted by Gasteiger charge is -2.37. The molecule has 0 amide bonds. The van der Waals surface area contributed by atoms with Crippen molar-refractivity contribution in [3.8, 4) is 0 Å². The van der Waals surface area contributed by atoms with Gasteiger partial charge in [0.05, 0.1) is 0 Å². The lowest BCUT2D eigenvalue weighted by atomic mass is 9.84. The van der Waals surface area contributed by atoms with Crippen molar-refractivity contribution >= 4 is 11.3 Å². The first kappa shape index (κ1) is 13.3. The summed E-state index contributed by atoms with van der Waals surface area (Å²) in [6, 6.07) is 3.20. The number of nitrogens with zero attached hydrogens (tertiary/aromatic N) is 1. The Balaban J connectivity index is 1.40. The molecule has 0 unspecified atom stereocenters. The van der Waals surface area contributed by atoms with Crippen molar-refractivity contribution in [1.29, 1.82) is 0 Å². The number of thiophene rings is 1. The van der Waals surface area contributed by atoms with Crippen LogP contribution in [0.4, 0.5) is 0 Å². The molecule has 1 N–H and O–H groups in total. The predicted molar refractivity (Wildman–Crippen MR) is 85.2 cm³/mol. The van der Waals surface area contributed by atoms with Gasteiger partial charge in [-0.3, -0.25) is 4.90 Å². The Morgan fingerprint density at radius 1 is 1.30 bits per heavy atom. The summed E-state index contributed by atoms with van der Waals surface area (Å²) in [5.74, 6) is 0. The second-order valence-electron chi connectivity index (χ2n) is 7.19. The third-order valence-corrected chi connectivity index (χ3v) is 6.48. The molecule has 0 aromatic carbocycles. The molecule has 2 fully saturated rings. The second-order valence-corrected chi connectivity index (χ2v) is 8.19. The minimum Gasteiger partial charge on any atom is -0.313 e. The second kappa shape index (κ2) is 5.43. The molecule has 3 heteroatoms. The molecule has 2 nitrogen and oxygen atoms in total. The summed E-state index contributed by atoms with van der Waals surface area (Å²) in [5, 5.41) is 6.09. The normalized spacial score (nSPS) is 25.8. The molecule has 1 aliphatic heterocycles. The fourth-order valence-electron chi connectivity index (χ4n) is 4.08. The van der Waals surface area contributed by atoms with Gasteiger partial charge in [-0.15, -0.1) is 11.3 Å². The number of nitrogens with one attached hydrogen (secondary N) is 1. The molecule has 0 bridgehead atoms. The number of hydrogen-bond donors (Lipinski definition) is 1. The number of hydrogen-bond acceptors (Lipinski definition) is 3. The summed E-state index contributed by atoms with van der Waals surface area (Å²) >= 11 is 1.95. The van der Waals surface area contributed by atoms with E-state index >= 15 is 0 Å². The molecular formula is C17H26N2S. The Labute approximate surface area is 126 Å². The topological polar surface area (TPSA) is 15.3 Å². The Hall–Kier alpha value is -0.380. The van der Waals surface area contributed by atoms with Crippen LogP contribution in [0.1, 0.15) is 49.0 Å². The minimum atomic E-state index is 0.579. The molecule has 0 saturated heterocycles. The van der Waals surface area contributed by atoms with E-state index in [1.54, 1.807) is 10.4 Å². The van der Waals surface area contributed by atoms with Crippen molar-refractivity contribution in [2.24, 2.45) is 5.41 Å². The van der Waals surface area contributed by atoms with E-state index in [9.17, 15) is 0 Å². The highest BCUT2D eigenvalue weighted by molar-refractivity contribution is 7.10. The van der Waals surface area contributed by atoms with Crippen LogP contribution in [0.3, 0.4) is 0 Å². The van der Waals surface area contributed by atoms with Crippen molar-refractivity contribution in [1.82, 2.24) is 10.2 Å². The maximum atomic E-state index is 3.82. The minimum absolute atomic E-state index is 0.579. The van der Waals surface area contributed by atoms with Gasteiger partial charge in [0.1, 0.15) is 0 Å². The van der Waals surface area contributed by atoms with Crippen molar-refractivity contribution in [3.63, 3.8) is 0 Å². The first-order valence-electron chi connectivity index (χ1n) is 8.34. The largest absolute Gasteiger partial charge is 0.313 e. The average Bonchev–Trinajstić information content (AvgIpc) is 2.98. The van der Waals surface area contributed by atoms with Crippen LogP contribution in [0.25, 0.3) is 0 Å². The highest BCUT2D eigenvalue weighted by atomic mass is 32.1. The molecule has 4 rings (SSSR count). The van der Waals surface area contributed by atoms with Gasteiger partial charge in [0.25, 0.3) is 0 Å². The molecule has 1 aromatic rings. The van der Waals surface area contributed by atoms with Gasteiger partial charge in [-0.2, -0.15) is 0 Å². The zero-order valence-corrected chi connectivity index (χ0v) is 13.2. The molecule has 2 heterocycles. The SMILES string of the molecule is c1cc2c(s1)CCN(CC1(CNC3CC3)CCCC1)C2. The molecule has 3 aliphatic rings. The Morgan fingerprint density at radius 3 is 2.95 bits per heavy atom. The standard InChI is InChI=1S/C17H26N2S/c1-2-8-17(7-1,12-18-15-3-4-15)13-19-9-5-16-14(11-19)6-10-20-16/h6,10,15,18H,1-5,7-9,11-13H2. The molecule has 0 radical (unpaired) electrons. The number of rotatable bonds is 5. The quantitative estimate of drug-likeness (QED) is 0.894. The highest BCUT2D eigenvalue weighted by Gasteiger charge is 2.37. The van der Waals surface area contributed by atoms with E-state index in [1.807, 2.05) is 11.3 Å². The van der Waals surface area contributed by atoms with E-state index < -0.39 is 0 Å². The van der Waals surface area contributed by atoms with E-state index in [0.29, 0.717) is 5.41 Å². The molecule has 110 valence electrons. The molecule has 1 aromatic heterocycles. The Bertz CT molecular complexity index is 457. The third-order valence-electron chi connectivity index (χ3n) is 5.45. The summed E-state index contributed by atoms with van der Waals surface area (Å²) in [4.78, 5) is 4.37. The van der Waals surface area contributed by atoms with E-state index in [-0.39, 0.29) is 0 Å². The Kier molecular flexibility index (Phi) is 3.61. The molecule has 20 heavy (non-hydrogen) atoms. The fourth-order valence-corrected chi connectivity index (χ4v) is 4.97. The lowest BCUT2D eigenvalue weighted by Crippen LogP contribution is -2.44. The first-order valence-corrected chi connectivity index (χ1v) is 9.22. The van der Waals surface area contributed by atoms with Gasteiger partial charge < -0.3 is 5.32 Å². The van der Waals surface area contributed by atoms with Gasteiger partial charge in [-0.05, 0) is 54.5 Å². The number of fused-ring (bicyclic) bond motifs is 1.